The van der Waals surface area contributed by atoms with Crippen molar-refractivity contribution in [2.24, 2.45) is 5.73 Å². The number of rotatable bonds is 5. The third-order valence-electron chi connectivity index (χ3n) is 4.21. The lowest BCUT2D eigenvalue weighted by Crippen LogP contribution is -2.32. The van der Waals surface area contributed by atoms with Gasteiger partial charge in [-0.25, -0.2) is 4.79 Å². The van der Waals surface area contributed by atoms with E-state index in [0.717, 1.165) is 6.42 Å². The number of aryl methyl sites for hydroxylation is 1. The Hall–Kier alpha value is -2.68. The van der Waals surface area contributed by atoms with Gasteiger partial charge in [0.1, 0.15) is 0 Å². The van der Waals surface area contributed by atoms with Crippen LogP contribution in [0.15, 0.2) is 27.4 Å². The second-order valence-corrected chi connectivity index (χ2v) is 5.92. The van der Waals surface area contributed by atoms with Crippen molar-refractivity contribution in [2.45, 2.75) is 31.8 Å². The Labute approximate surface area is 136 Å². The molecule has 1 fully saturated rings. The van der Waals surface area contributed by atoms with Crippen LogP contribution in [0, 0.1) is 10.1 Å². The number of carbonyl (C=O) groups excluding carboxylic acids is 1. The van der Waals surface area contributed by atoms with E-state index in [9.17, 15) is 19.7 Å². The Kier molecular flexibility index (Phi) is 4.34. The number of oxazole rings is 1. The van der Waals surface area contributed by atoms with Crippen LogP contribution in [-0.4, -0.2) is 39.4 Å². The number of nitrogens with zero attached hydrogens (tertiary/aromatic N) is 3. The minimum Gasteiger partial charge on any atom is -0.407 e. The van der Waals surface area contributed by atoms with Crippen LogP contribution in [0.2, 0.25) is 0 Å². The van der Waals surface area contributed by atoms with Gasteiger partial charge in [-0.3, -0.25) is 19.5 Å². The van der Waals surface area contributed by atoms with Gasteiger partial charge in [0.2, 0.25) is 5.91 Å². The van der Waals surface area contributed by atoms with Crippen LogP contribution >= 0.6 is 0 Å². The lowest BCUT2D eigenvalue weighted by atomic mass is 10.2. The Morgan fingerprint density at radius 2 is 2.25 bits per heavy atom. The summed E-state index contributed by atoms with van der Waals surface area (Å²) in [7, 11) is 0. The summed E-state index contributed by atoms with van der Waals surface area (Å²) in [4.78, 5) is 35.9. The maximum atomic E-state index is 12.1. The molecule has 0 aliphatic carbocycles. The van der Waals surface area contributed by atoms with Gasteiger partial charge in [-0.05, 0) is 18.9 Å². The molecule has 2 N–H and O–H groups in total. The van der Waals surface area contributed by atoms with E-state index >= 15 is 0 Å². The van der Waals surface area contributed by atoms with Crippen molar-refractivity contribution in [1.29, 1.82) is 0 Å². The number of nitrogens with two attached hydrogens (primary N) is 1. The molecule has 128 valence electrons. The van der Waals surface area contributed by atoms with Gasteiger partial charge in [-0.2, -0.15) is 0 Å². The number of nitro benzene ring substituents is 1. The molecule has 2 heterocycles. The van der Waals surface area contributed by atoms with Crippen LogP contribution in [0.4, 0.5) is 5.69 Å². The van der Waals surface area contributed by atoms with Crippen molar-refractivity contribution >= 4 is 22.7 Å². The summed E-state index contributed by atoms with van der Waals surface area (Å²) in [6.45, 7) is 1.57. The van der Waals surface area contributed by atoms with Gasteiger partial charge in [0.05, 0.1) is 16.5 Å². The van der Waals surface area contributed by atoms with Crippen LogP contribution in [0.3, 0.4) is 0 Å². The van der Waals surface area contributed by atoms with E-state index in [4.69, 9.17) is 10.2 Å². The average molecular weight is 334 g/mol. The molecule has 0 unspecified atom stereocenters. The Balaban J connectivity index is 1.67. The van der Waals surface area contributed by atoms with E-state index in [0.29, 0.717) is 38.0 Å². The third-order valence-corrected chi connectivity index (χ3v) is 4.21. The van der Waals surface area contributed by atoms with Crippen LogP contribution in [0.5, 0.6) is 0 Å². The minimum absolute atomic E-state index is 0.0273. The van der Waals surface area contributed by atoms with Crippen molar-refractivity contribution in [3.8, 4) is 0 Å². The van der Waals surface area contributed by atoms with Crippen LogP contribution < -0.4 is 11.5 Å². The highest BCUT2D eigenvalue weighted by atomic mass is 16.6. The molecular formula is C15H18N4O5. The fraction of sp³-hybridized carbons (Fsp3) is 0.467. The molecule has 0 saturated carbocycles. The molecule has 1 atom stereocenters. The summed E-state index contributed by atoms with van der Waals surface area (Å²) in [6, 6.07) is 4.08. The highest BCUT2D eigenvalue weighted by Gasteiger charge is 2.23. The first kappa shape index (κ1) is 16.2. The van der Waals surface area contributed by atoms with Gasteiger partial charge < -0.3 is 15.1 Å². The van der Waals surface area contributed by atoms with Crippen molar-refractivity contribution < 1.29 is 14.1 Å². The molecule has 1 aliphatic heterocycles. The number of non-ortho nitro benzene ring substituents is 1. The number of nitro groups is 1. The number of likely N-dealkylation sites (tertiary alicyclic amines) is 1. The van der Waals surface area contributed by atoms with Crippen molar-refractivity contribution in [3.05, 3.63) is 38.9 Å². The maximum absolute atomic E-state index is 12.1. The smallest absolute Gasteiger partial charge is 0.407 e. The summed E-state index contributed by atoms with van der Waals surface area (Å²) in [5.74, 6) is -0.555. The molecule has 3 rings (SSSR count). The van der Waals surface area contributed by atoms with Crippen LogP contribution in [0.1, 0.15) is 19.3 Å². The van der Waals surface area contributed by atoms with Gasteiger partial charge in [-0.1, -0.05) is 0 Å². The predicted molar refractivity (Wildman–Crippen MR) is 85.5 cm³/mol. The Morgan fingerprint density at radius 3 is 2.92 bits per heavy atom. The molecule has 1 aromatic heterocycles. The number of amides is 1. The van der Waals surface area contributed by atoms with Crippen molar-refractivity contribution in [1.82, 2.24) is 9.47 Å². The number of carbonyl (C=O) groups is 1. The minimum atomic E-state index is -0.582. The van der Waals surface area contributed by atoms with E-state index < -0.39 is 10.7 Å². The molecular weight excluding hydrogens is 316 g/mol. The second kappa shape index (κ2) is 6.44. The number of benzene rings is 1. The van der Waals surface area contributed by atoms with E-state index in [-0.39, 0.29) is 23.2 Å². The Bertz CT molecular complexity index is 840. The molecule has 9 nitrogen and oxygen atoms in total. The molecule has 1 aromatic carbocycles. The van der Waals surface area contributed by atoms with Crippen LogP contribution in [0.25, 0.3) is 11.1 Å². The number of aromatic nitrogens is 1. The number of hydrogen-bond acceptors (Lipinski definition) is 6. The lowest BCUT2D eigenvalue weighted by molar-refractivity contribution is -0.384. The molecule has 2 aromatic rings. The zero-order valence-corrected chi connectivity index (χ0v) is 13.0. The molecule has 1 saturated heterocycles. The third kappa shape index (κ3) is 3.16. The van der Waals surface area contributed by atoms with E-state index in [2.05, 4.69) is 0 Å². The van der Waals surface area contributed by atoms with Crippen molar-refractivity contribution in [2.75, 3.05) is 13.1 Å². The molecule has 1 amide bonds. The molecule has 0 spiro atoms. The SMILES string of the molecule is N[C@@H]1CCN(C(=O)CCCn2c(=O)oc3cc([N+](=O)[O-])ccc32)C1. The predicted octanol–water partition coefficient (Wildman–Crippen LogP) is 0.842. The largest absolute Gasteiger partial charge is 0.419 e. The van der Waals surface area contributed by atoms with E-state index in [1.807, 2.05) is 0 Å². The zero-order chi connectivity index (χ0) is 17.3. The number of hydrogen-bond donors (Lipinski definition) is 1. The second-order valence-electron chi connectivity index (χ2n) is 5.92. The summed E-state index contributed by atoms with van der Waals surface area (Å²) in [5, 5.41) is 10.8. The fourth-order valence-corrected chi connectivity index (χ4v) is 2.94. The zero-order valence-electron chi connectivity index (χ0n) is 13.0. The summed E-state index contributed by atoms with van der Waals surface area (Å²) in [6.07, 6.45) is 1.62. The average Bonchev–Trinajstić information content (AvgIpc) is 3.10. The summed E-state index contributed by atoms with van der Waals surface area (Å²) < 4.78 is 6.44. The van der Waals surface area contributed by atoms with Gasteiger partial charge >= 0.3 is 5.76 Å². The standard InChI is InChI=1S/C15H18N4O5/c16-10-5-7-17(9-10)14(20)2-1-6-18-12-4-3-11(19(22)23)8-13(12)24-15(18)21/h3-4,8,10H,1-2,5-7,9,16H2/t10-/m1/s1. The first-order valence-electron chi connectivity index (χ1n) is 7.77. The normalized spacial score (nSPS) is 17.5. The lowest BCUT2D eigenvalue weighted by Gasteiger charge is -2.15. The molecule has 0 bridgehead atoms. The molecule has 24 heavy (non-hydrogen) atoms. The summed E-state index contributed by atoms with van der Waals surface area (Å²) >= 11 is 0. The highest BCUT2D eigenvalue weighted by molar-refractivity contribution is 5.77. The Morgan fingerprint density at radius 1 is 1.46 bits per heavy atom. The van der Waals surface area contributed by atoms with Gasteiger partial charge in [0.25, 0.3) is 5.69 Å². The van der Waals surface area contributed by atoms with Gasteiger partial charge in [-0.15, -0.1) is 0 Å². The maximum Gasteiger partial charge on any atom is 0.419 e. The summed E-state index contributed by atoms with van der Waals surface area (Å²) in [5.41, 5.74) is 6.31. The first-order chi connectivity index (χ1) is 11.5. The fourth-order valence-electron chi connectivity index (χ4n) is 2.94. The topological polar surface area (TPSA) is 125 Å². The van der Waals surface area contributed by atoms with Gasteiger partial charge in [0, 0.05) is 38.2 Å². The van der Waals surface area contributed by atoms with E-state index in [1.54, 1.807) is 4.90 Å². The number of fused-ring (bicyclic) bond motifs is 1. The van der Waals surface area contributed by atoms with E-state index in [1.165, 1.54) is 22.8 Å². The molecule has 0 radical (unpaired) electrons. The molecule has 9 heteroatoms. The van der Waals surface area contributed by atoms with Crippen molar-refractivity contribution in [3.63, 3.8) is 0 Å². The quantitative estimate of drug-likeness (QED) is 0.638. The first-order valence-corrected chi connectivity index (χ1v) is 7.77. The van der Waals surface area contributed by atoms with Gasteiger partial charge in [0.15, 0.2) is 5.58 Å². The molecule has 1 aliphatic rings. The van der Waals surface area contributed by atoms with Crippen LogP contribution in [-0.2, 0) is 11.3 Å². The monoisotopic (exact) mass is 334 g/mol. The highest BCUT2D eigenvalue weighted by Crippen LogP contribution is 2.20.